The van der Waals surface area contributed by atoms with E-state index in [4.69, 9.17) is 0 Å². The number of thiazole rings is 1. The summed E-state index contributed by atoms with van der Waals surface area (Å²) in [7, 11) is -3.42. The Morgan fingerprint density at radius 1 is 1.18 bits per heavy atom. The molecule has 0 spiro atoms. The van der Waals surface area contributed by atoms with Gasteiger partial charge in [-0.05, 0) is 42.5 Å². The third-order valence-electron chi connectivity index (χ3n) is 4.87. The van der Waals surface area contributed by atoms with Gasteiger partial charge in [0.05, 0.1) is 26.4 Å². The summed E-state index contributed by atoms with van der Waals surface area (Å²) in [5, 5.41) is 11.9. The molecule has 1 aromatic heterocycles. The minimum absolute atomic E-state index is 0.00383. The summed E-state index contributed by atoms with van der Waals surface area (Å²) in [6, 6.07) is 15.0. The van der Waals surface area contributed by atoms with Gasteiger partial charge in [0.2, 0.25) is 0 Å². The van der Waals surface area contributed by atoms with Crippen LogP contribution in [0.5, 0.6) is 0 Å². The van der Waals surface area contributed by atoms with E-state index in [-0.39, 0.29) is 17.7 Å². The van der Waals surface area contributed by atoms with Crippen LogP contribution in [0.25, 0.3) is 10.2 Å². The van der Waals surface area contributed by atoms with Crippen LogP contribution in [0.15, 0.2) is 58.9 Å². The average Bonchev–Trinajstić information content (AvgIpc) is 3.14. The lowest BCUT2D eigenvalue weighted by Crippen LogP contribution is -2.38. The molecular weight excluding hydrogens is 392 g/mol. The number of sulfone groups is 1. The first kappa shape index (κ1) is 20.9. The molecule has 0 amide bonds. The average molecular weight is 419 g/mol. The van der Waals surface area contributed by atoms with E-state index in [2.05, 4.69) is 4.98 Å². The Balaban J connectivity index is 1.63. The van der Waals surface area contributed by atoms with E-state index in [9.17, 15) is 13.6 Å². The maximum Gasteiger partial charge on any atom is 0.178 e. The van der Waals surface area contributed by atoms with Crippen molar-refractivity contribution < 1.29 is 13.6 Å². The zero-order valence-electron chi connectivity index (χ0n) is 16.2. The van der Waals surface area contributed by atoms with E-state index in [0.29, 0.717) is 11.4 Å². The molecule has 0 fully saturated rings. The summed E-state index contributed by atoms with van der Waals surface area (Å²) in [6.45, 7) is 4.21. The standard InChI is InChI=1S/C21H26N2O3S2/c1-3-18(11-17-7-5-4-6-8-17)23(24)13-16(2)14-28(25,26)19-9-10-20-21(12-19)27-15-22-20/h4-10,12,15-16,18,24H,3,11,13-14H2,1-2H3/t16-,18?/m1/s1. The molecule has 1 heterocycles. The highest BCUT2D eigenvalue weighted by atomic mass is 32.2. The predicted molar refractivity (Wildman–Crippen MR) is 114 cm³/mol. The van der Waals surface area contributed by atoms with E-state index >= 15 is 0 Å². The zero-order valence-corrected chi connectivity index (χ0v) is 17.8. The Labute approximate surface area is 170 Å². The quantitative estimate of drug-likeness (QED) is 0.521. The molecule has 150 valence electrons. The van der Waals surface area contributed by atoms with Gasteiger partial charge >= 0.3 is 0 Å². The summed E-state index contributed by atoms with van der Waals surface area (Å²) < 4.78 is 26.5. The SMILES string of the molecule is CCC(Cc1ccccc1)N(O)C[C@@H](C)CS(=O)(=O)c1ccc2ncsc2c1. The predicted octanol–water partition coefficient (Wildman–Crippen LogP) is 4.42. The number of rotatable bonds is 9. The van der Waals surface area contributed by atoms with Crippen LogP contribution in [0, 0.1) is 5.92 Å². The van der Waals surface area contributed by atoms with Crippen LogP contribution in [0.3, 0.4) is 0 Å². The van der Waals surface area contributed by atoms with Gasteiger partial charge in [-0.2, -0.15) is 5.06 Å². The molecule has 0 aliphatic rings. The third kappa shape index (κ3) is 5.17. The number of hydrogen-bond acceptors (Lipinski definition) is 6. The molecule has 2 atom stereocenters. The topological polar surface area (TPSA) is 70.5 Å². The van der Waals surface area contributed by atoms with Crippen molar-refractivity contribution in [3.05, 3.63) is 59.6 Å². The minimum Gasteiger partial charge on any atom is -0.314 e. The molecule has 0 bridgehead atoms. The lowest BCUT2D eigenvalue weighted by atomic mass is 10.0. The molecule has 2 aromatic carbocycles. The number of nitrogens with zero attached hydrogens (tertiary/aromatic N) is 2. The maximum absolute atomic E-state index is 12.8. The monoisotopic (exact) mass is 418 g/mol. The molecule has 1 N–H and O–H groups in total. The fourth-order valence-electron chi connectivity index (χ4n) is 3.37. The second kappa shape index (κ2) is 9.13. The largest absolute Gasteiger partial charge is 0.314 e. The van der Waals surface area contributed by atoms with Gasteiger partial charge < -0.3 is 5.21 Å². The smallest absolute Gasteiger partial charge is 0.178 e. The second-order valence-electron chi connectivity index (χ2n) is 7.24. The van der Waals surface area contributed by atoms with E-state index in [1.807, 2.05) is 44.2 Å². The number of hydrogen-bond donors (Lipinski definition) is 1. The van der Waals surface area contributed by atoms with Crippen LogP contribution in [-0.4, -0.2) is 42.0 Å². The van der Waals surface area contributed by atoms with Crippen molar-refractivity contribution in [1.82, 2.24) is 10.0 Å². The molecule has 0 aliphatic heterocycles. The first-order valence-electron chi connectivity index (χ1n) is 9.44. The molecule has 1 unspecified atom stereocenters. The Bertz CT molecular complexity index is 1000. The summed E-state index contributed by atoms with van der Waals surface area (Å²) in [5.41, 5.74) is 3.68. The van der Waals surface area contributed by atoms with E-state index in [0.717, 1.165) is 28.6 Å². The fourth-order valence-corrected chi connectivity index (χ4v) is 5.78. The summed E-state index contributed by atoms with van der Waals surface area (Å²) in [6.07, 6.45) is 1.52. The van der Waals surface area contributed by atoms with Crippen molar-refractivity contribution in [2.45, 2.75) is 37.6 Å². The van der Waals surface area contributed by atoms with Gasteiger partial charge in [0, 0.05) is 12.6 Å². The van der Waals surface area contributed by atoms with Crippen LogP contribution >= 0.6 is 11.3 Å². The first-order valence-corrected chi connectivity index (χ1v) is 12.0. The molecule has 3 rings (SSSR count). The maximum atomic E-state index is 12.8. The molecule has 0 aliphatic carbocycles. The summed E-state index contributed by atoms with van der Waals surface area (Å²) in [4.78, 5) is 4.51. The molecular formula is C21H26N2O3S2. The molecule has 3 aromatic rings. The second-order valence-corrected chi connectivity index (χ2v) is 10.2. The zero-order chi connectivity index (χ0) is 20.1. The van der Waals surface area contributed by atoms with Crippen molar-refractivity contribution in [3.63, 3.8) is 0 Å². The molecule has 0 saturated heterocycles. The van der Waals surface area contributed by atoms with Gasteiger partial charge in [0.25, 0.3) is 0 Å². The van der Waals surface area contributed by atoms with Crippen LogP contribution in [0.1, 0.15) is 25.8 Å². The van der Waals surface area contributed by atoms with Gasteiger partial charge in [0.15, 0.2) is 9.84 Å². The van der Waals surface area contributed by atoms with E-state index in [1.165, 1.54) is 16.4 Å². The Hall–Kier alpha value is -1.80. The number of aromatic nitrogens is 1. The Morgan fingerprint density at radius 3 is 2.64 bits per heavy atom. The number of benzene rings is 2. The summed E-state index contributed by atoms with van der Waals surface area (Å²) >= 11 is 1.43. The fraction of sp³-hybridized carbons (Fsp3) is 0.381. The highest BCUT2D eigenvalue weighted by molar-refractivity contribution is 7.91. The van der Waals surface area contributed by atoms with Crippen LogP contribution in [0.4, 0.5) is 0 Å². The normalized spacial score (nSPS) is 14.4. The first-order chi connectivity index (χ1) is 13.4. The van der Waals surface area contributed by atoms with Crippen LogP contribution in [-0.2, 0) is 16.3 Å². The lowest BCUT2D eigenvalue weighted by Gasteiger charge is -2.27. The lowest BCUT2D eigenvalue weighted by molar-refractivity contribution is -0.134. The molecule has 28 heavy (non-hydrogen) atoms. The van der Waals surface area contributed by atoms with Gasteiger partial charge in [-0.3, -0.25) is 0 Å². The van der Waals surface area contributed by atoms with Crippen molar-refractivity contribution in [3.8, 4) is 0 Å². The van der Waals surface area contributed by atoms with E-state index < -0.39 is 9.84 Å². The molecule has 0 saturated carbocycles. The molecule has 7 heteroatoms. The van der Waals surface area contributed by atoms with E-state index in [1.54, 1.807) is 23.7 Å². The van der Waals surface area contributed by atoms with Crippen molar-refractivity contribution >= 4 is 31.4 Å². The Kier molecular flexibility index (Phi) is 6.82. The molecule has 0 radical (unpaired) electrons. The minimum atomic E-state index is -3.42. The highest BCUT2D eigenvalue weighted by Gasteiger charge is 2.23. The van der Waals surface area contributed by atoms with Gasteiger partial charge in [-0.1, -0.05) is 44.2 Å². The van der Waals surface area contributed by atoms with Gasteiger partial charge in [-0.15, -0.1) is 11.3 Å². The highest BCUT2D eigenvalue weighted by Crippen LogP contribution is 2.24. The van der Waals surface area contributed by atoms with Crippen molar-refractivity contribution in [2.24, 2.45) is 5.92 Å². The van der Waals surface area contributed by atoms with Gasteiger partial charge in [0.1, 0.15) is 0 Å². The van der Waals surface area contributed by atoms with Crippen molar-refractivity contribution in [2.75, 3.05) is 12.3 Å². The number of hydroxylamine groups is 2. The third-order valence-corrected chi connectivity index (χ3v) is 7.64. The molecule has 5 nitrogen and oxygen atoms in total. The summed E-state index contributed by atoms with van der Waals surface area (Å²) in [5.74, 6) is -0.201. The van der Waals surface area contributed by atoms with Crippen LogP contribution < -0.4 is 0 Å². The number of fused-ring (bicyclic) bond motifs is 1. The van der Waals surface area contributed by atoms with Crippen LogP contribution in [0.2, 0.25) is 0 Å². The Morgan fingerprint density at radius 2 is 1.93 bits per heavy atom. The van der Waals surface area contributed by atoms with Gasteiger partial charge in [-0.25, -0.2) is 13.4 Å². The van der Waals surface area contributed by atoms with Crippen molar-refractivity contribution in [1.29, 1.82) is 0 Å².